The Morgan fingerprint density at radius 2 is 1.93 bits per heavy atom. The van der Waals surface area contributed by atoms with E-state index >= 15 is 0 Å². The van der Waals surface area contributed by atoms with Gasteiger partial charge in [-0.2, -0.15) is 5.26 Å². The number of oxazole rings is 1. The van der Waals surface area contributed by atoms with E-state index in [2.05, 4.69) is 54.5 Å². The molecule has 1 N–H and O–H groups in total. The van der Waals surface area contributed by atoms with Crippen molar-refractivity contribution in [3.63, 3.8) is 0 Å². The van der Waals surface area contributed by atoms with Crippen molar-refractivity contribution in [2.24, 2.45) is 5.92 Å². The maximum atomic E-state index is 9.50. The maximum Gasteiger partial charge on any atom is 0.232 e. The van der Waals surface area contributed by atoms with Crippen molar-refractivity contribution in [1.82, 2.24) is 4.98 Å². The normalized spacial score (nSPS) is 20.5. The third-order valence-electron chi connectivity index (χ3n) is 6.18. The molecular weight excluding hydrogens is 346 g/mol. The zero-order valence-corrected chi connectivity index (χ0v) is 17.3. The van der Waals surface area contributed by atoms with Gasteiger partial charge in [-0.15, -0.1) is 0 Å². The van der Waals surface area contributed by atoms with Crippen molar-refractivity contribution < 1.29 is 4.42 Å². The summed E-state index contributed by atoms with van der Waals surface area (Å²) in [6.45, 7) is 5.19. The molecule has 1 aromatic heterocycles. The molecule has 0 bridgehead atoms. The molecule has 0 aliphatic heterocycles. The van der Waals surface area contributed by atoms with Gasteiger partial charge in [0.25, 0.3) is 0 Å². The van der Waals surface area contributed by atoms with Crippen LogP contribution in [0.25, 0.3) is 0 Å². The Morgan fingerprint density at radius 3 is 2.57 bits per heavy atom. The van der Waals surface area contributed by atoms with Gasteiger partial charge in [-0.05, 0) is 43.6 Å². The molecule has 0 saturated heterocycles. The van der Waals surface area contributed by atoms with Gasteiger partial charge in [-0.3, -0.25) is 0 Å². The second-order valence-electron chi connectivity index (χ2n) is 8.10. The first-order valence-electron chi connectivity index (χ1n) is 10.9. The average Bonchev–Trinajstić information content (AvgIpc) is 3.17. The Balaban J connectivity index is 1.61. The highest BCUT2D eigenvalue weighted by molar-refractivity contribution is 5.46. The monoisotopic (exact) mass is 379 g/mol. The van der Waals surface area contributed by atoms with E-state index in [0.717, 1.165) is 37.6 Å². The number of nitrogens with one attached hydrogen (secondary N) is 1. The van der Waals surface area contributed by atoms with Gasteiger partial charge in [0.1, 0.15) is 6.07 Å². The molecule has 3 rings (SSSR count). The predicted octanol–water partition coefficient (Wildman–Crippen LogP) is 6.62. The zero-order chi connectivity index (χ0) is 19.8. The second-order valence-corrected chi connectivity index (χ2v) is 8.10. The topological polar surface area (TPSA) is 61.9 Å². The third kappa shape index (κ3) is 5.16. The SMILES string of the molecule is CCCCC1CCC(c2nc(C#N)c(NCC(CC)c3ccccc3)o2)CC1. The molecule has 150 valence electrons. The smallest absolute Gasteiger partial charge is 0.232 e. The summed E-state index contributed by atoms with van der Waals surface area (Å²) < 4.78 is 6.05. The molecule has 28 heavy (non-hydrogen) atoms. The Kier molecular flexibility index (Phi) is 7.54. The molecule has 1 fully saturated rings. The number of anilines is 1. The lowest BCUT2D eigenvalue weighted by Gasteiger charge is -2.26. The number of nitrogens with zero attached hydrogens (tertiary/aromatic N) is 2. The van der Waals surface area contributed by atoms with Crippen molar-refractivity contribution in [1.29, 1.82) is 5.26 Å². The van der Waals surface area contributed by atoms with Crippen LogP contribution in [-0.2, 0) is 0 Å². The zero-order valence-electron chi connectivity index (χ0n) is 17.3. The summed E-state index contributed by atoms with van der Waals surface area (Å²) in [5.74, 6) is 2.89. The molecule has 2 aromatic rings. The fourth-order valence-electron chi connectivity index (χ4n) is 4.34. The van der Waals surface area contributed by atoms with Gasteiger partial charge in [0, 0.05) is 18.4 Å². The van der Waals surface area contributed by atoms with Crippen LogP contribution in [0.4, 0.5) is 5.88 Å². The minimum atomic E-state index is 0.358. The highest BCUT2D eigenvalue weighted by Crippen LogP contribution is 2.38. The number of aromatic nitrogens is 1. The quantitative estimate of drug-likeness (QED) is 0.532. The van der Waals surface area contributed by atoms with E-state index in [1.165, 1.54) is 37.7 Å². The van der Waals surface area contributed by atoms with Gasteiger partial charge < -0.3 is 9.73 Å². The highest BCUT2D eigenvalue weighted by atomic mass is 16.4. The molecule has 0 radical (unpaired) electrons. The van der Waals surface area contributed by atoms with Gasteiger partial charge in [-0.1, -0.05) is 63.4 Å². The van der Waals surface area contributed by atoms with Gasteiger partial charge >= 0.3 is 0 Å². The molecule has 1 atom stereocenters. The van der Waals surface area contributed by atoms with Crippen LogP contribution in [-0.4, -0.2) is 11.5 Å². The minimum absolute atomic E-state index is 0.358. The fraction of sp³-hybridized carbons (Fsp3) is 0.583. The van der Waals surface area contributed by atoms with Gasteiger partial charge in [0.05, 0.1) is 0 Å². The Labute approximate surface area is 169 Å². The van der Waals surface area contributed by atoms with Crippen LogP contribution in [0.5, 0.6) is 0 Å². The van der Waals surface area contributed by atoms with Crippen LogP contribution in [0.1, 0.15) is 94.2 Å². The molecule has 1 heterocycles. The van der Waals surface area contributed by atoms with Crippen molar-refractivity contribution in [2.75, 3.05) is 11.9 Å². The van der Waals surface area contributed by atoms with Gasteiger partial charge in [-0.25, -0.2) is 4.98 Å². The molecule has 1 unspecified atom stereocenters. The molecule has 1 aliphatic rings. The van der Waals surface area contributed by atoms with Gasteiger partial charge in [0.2, 0.25) is 17.5 Å². The van der Waals surface area contributed by atoms with Crippen molar-refractivity contribution in [3.8, 4) is 6.07 Å². The van der Waals surface area contributed by atoms with Crippen LogP contribution in [0.3, 0.4) is 0 Å². The Bertz CT molecular complexity index is 754. The van der Waals surface area contributed by atoms with Crippen molar-refractivity contribution in [3.05, 3.63) is 47.5 Å². The largest absolute Gasteiger partial charge is 0.424 e. The van der Waals surface area contributed by atoms with Crippen LogP contribution < -0.4 is 5.32 Å². The van der Waals surface area contributed by atoms with Crippen LogP contribution in [0.2, 0.25) is 0 Å². The molecule has 1 aromatic carbocycles. The molecule has 0 spiro atoms. The molecule has 4 nitrogen and oxygen atoms in total. The molecule has 1 aliphatic carbocycles. The summed E-state index contributed by atoms with van der Waals surface area (Å²) in [7, 11) is 0. The van der Waals surface area contributed by atoms with E-state index in [1.807, 2.05) is 6.07 Å². The summed E-state index contributed by atoms with van der Waals surface area (Å²) in [5.41, 5.74) is 1.70. The first kappa shape index (κ1) is 20.5. The lowest BCUT2D eigenvalue weighted by atomic mass is 9.80. The summed E-state index contributed by atoms with van der Waals surface area (Å²) >= 11 is 0. The Hall–Kier alpha value is -2.28. The van der Waals surface area contributed by atoms with Crippen LogP contribution >= 0.6 is 0 Å². The van der Waals surface area contributed by atoms with E-state index in [0.29, 0.717) is 23.4 Å². The number of benzene rings is 1. The summed E-state index contributed by atoms with van der Waals surface area (Å²) in [6.07, 6.45) is 9.75. The van der Waals surface area contributed by atoms with E-state index in [-0.39, 0.29) is 0 Å². The maximum absolute atomic E-state index is 9.50. The van der Waals surface area contributed by atoms with Gasteiger partial charge in [0.15, 0.2) is 0 Å². The number of nitriles is 1. The first-order chi connectivity index (χ1) is 13.7. The standard InChI is InChI=1S/C24H33N3O/c1-3-5-9-18-12-14-21(15-13-18)23-27-22(16-25)24(28-23)26-17-19(4-2)20-10-7-6-8-11-20/h6-8,10-11,18-19,21,26H,3-5,9,12-15,17H2,1-2H3. The van der Waals surface area contributed by atoms with E-state index in [1.54, 1.807) is 0 Å². The molecule has 1 saturated carbocycles. The second kappa shape index (κ2) is 10.3. The number of hydrogen-bond acceptors (Lipinski definition) is 4. The Morgan fingerprint density at radius 1 is 1.18 bits per heavy atom. The summed E-state index contributed by atoms with van der Waals surface area (Å²) in [6, 6.07) is 12.7. The third-order valence-corrected chi connectivity index (χ3v) is 6.18. The number of hydrogen-bond donors (Lipinski definition) is 1. The summed E-state index contributed by atoms with van der Waals surface area (Å²) in [4.78, 5) is 4.53. The molecular formula is C24H33N3O. The molecule has 0 amide bonds. The number of unbranched alkanes of at least 4 members (excludes halogenated alkanes) is 1. The predicted molar refractivity (Wildman–Crippen MR) is 113 cm³/mol. The van der Waals surface area contributed by atoms with E-state index in [4.69, 9.17) is 4.42 Å². The highest BCUT2D eigenvalue weighted by Gasteiger charge is 2.27. The van der Waals surface area contributed by atoms with Crippen molar-refractivity contribution in [2.45, 2.75) is 77.0 Å². The number of rotatable bonds is 9. The van der Waals surface area contributed by atoms with E-state index < -0.39 is 0 Å². The summed E-state index contributed by atoms with van der Waals surface area (Å²) in [5, 5.41) is 12.9. The first-order valence-corrected chi connectivity index (χ1v) is 10.9. The van der Waals surface area contributed by atoms with E-state index in [9.17, 15) is 5.26 Å². The van der Waals surface area contributed by atoms with Crippen molar-refractivity contribution >= 4 is 5.88 Å². The molecule has 4 heteroatoms. The average molecular weight is 380 g/mol. The lowest BCUT2D eigenvalue weighted by molar-refractivity contribution is 0.278. The van der Waals surface area contributed by atoms with Crippen LogP contribution in [0.15, 0.2) is 34.7 Å². The minimum Gasteiger partial charge on any atom is -0.424 e. The van der Waals surface area contributed by atoms with Crippen LogP contribution in [0, 0.1) is 17.2 Å². The lowest BCUT2D eigenvalue weighted by Crippen LogP contribution is -2.13. The fourth-order valence-corrected chi connectivity index (χ4v) is 4.34.